The first-order chi connectivity index (χ1) is 15.1. The highest BCUT2D eigenvalue weighted by Gasteiger charge is 2.57. The molecule has 0 aromatic heterocycles. The van der Waals surface area contributed by atoms with Crippen LogP contribution < -0.4 is 15.8 Å². The lowest BCUT2D eigenvalue weighted by molar-refractivity contribution is -0.385. The highest BCUT2D eigenvalue weighted by atomic mass is 35.5. The average Bonchev–Trinajstić information content (AvgIpc) is 3.34. The molecule has 0 radical (unpaired) electrons. The van der Waals surface area contributed by atoms with Gasteiger partial charge in [0.1, 0.15) is 6.04 Å². The Morgan fingerprint density at radius 3 is 2.23 bits per heavy atom. The molecule has 4 atom stereocenters. The molecule has 2 fully saturated rings. The number of nitrogens with one attached hydrogen (secondary N) is 2. The number of fused-ring (bicyclic) bond motifs is 1. The number of hydrogen-bond donors (Lipinski definition) is 2. The van der Waals surface area contributed by atoms with E-state index in [1.165, 1.54) is 6.07 Å². The van der Waals surface area contributed by atoms with Gasteiger partial charge in [-0.25, -0.2) is 10.9 Å². The number of carbonyl (C=O) groups is 1. The molecule has 2 saturated heterocycles. The lowest BCUT2D eigenvalue weighted by Crippen LogP contribution is -2.41. The standard InChI is InChI=1S/C23H19ClN4O3/c24-15-12-10-14(11-13-15)20-19-21(26-25-20)23(29)27(16-6-2-1-3-7-16)22(19)17-8-4-5-9-18(17)28(30)31/h1-13,19-22,25-26H. The molecule has 1 amide bonds. The van der Waals surface area contributed by atoms with Crippen LogP contribution in [0.3, 0.4) is 0 Å². The minimum Gasteiger partial charge on any atom is -0.303 e. The van der Waals surface area contributed by atoms with Gasteiger partial charge in [-0.2, -0.15) is 0 Å². The summed E-state index contributed by atoms with van der Waals surface area (Å²) in [5, 5.41) is 12.5. The second kappa shape index (κ2) is 7.77. The van der Waals surface area contributed by atoms with E-state index < -0.39 is 12.1 Å². The molecule has 2 aliphatic rings. The molecule has 8 heteroatoms. The van der Waals surface area contributed by atoms with Gasteiger partial charge in [0, 0.05) is 22.7 Å². The summed E-state index contributed by atoms with van der Waals surface area (Å²) in [6, 6.07) is 22.1. The predicted octanol–water partition coefficient (Wildman–Crippen LogP) is 4.17. The van der Waals surface area contributed by atoms with Crippen molar-refractivity contribution in [3.8, 4) is 0 Å². The highest BCUT2D eigenvalue weighted by molar-refractivity contribution is 6.30. The second-order valence-corrected chi connectivity index (χ2v) is 8.11. The van der Waals surface area contributed by atoms with Crippen molar-refractivity contribution in [3.63, 3.8) is 0 Å². The molecule has 0 spiro atoms. The molecule has 7 nitrogen and oxygen atoms in total. The van der Waals surface area contributed by atoms with E-state index in [9.17, 15) is 14.9 Å². The van der Waals surface area contributed by atoms with Crippen LogP contribution in [-0.2, 0) is 4.79 Å². The first-order valence-corrected chi connectivity index (χ1v) is 10.3. The third kappa shape index (κ3) is 3.27. The van der Waals surface area contributed by atoms with Crippen LogP contribution in [0.2, 0.25) is 5.02 Å². The Kier molecular flexibility index (Phi) is 4.94. The predicted molar refractivity (Wildman–Crippen MR) is 118 cm³/mol. The number of nitro groups is 1. The molecule has 31 heavy (non-hydrogen) atoms. The zero-order valence-corrected chi connectivity index (χ0v) is 17.1. The van der Waals surface area contributed by atoms with Gasteiger partial charge in [-0.3, -0.25) is 14.9 Å². The van der Waals surface area contributed by atoms with Gasteiger partial charge in [0.05, 0.1) is 22.6 Å². The molecular weight excluding hydrogens is 416 g/mol. The van der Waals surface area contributed by atoms with Crippen LogP contribution in [0, 0.1) is 16.0 Å². The van der Waals surface area contributed by atoms with Crippen molar-refractivity contribution in [1.29, 1.82) is 0 Å². The zero-order chi connectivity index (χ0) is 21.5. The first kappa shape index (κ1) is 19.7. The Bertz CT molecular complexity index is 1140. The fourth-order valence-corrected chi connectivity index (χ4v) is 4.84. The SMILES string of the molecule is O=C1C2NNC(c3ccc(Cl)cc3)C2C(c2ccccc2[N+](=O)[O-])N1c1ccccc1. The summed E-state index contributed by atoms with van der Waals surface area (Å²) in [7, 11) is 0. The summed E-state index contributed by atoms with van der Waals surface area (Å²) >= 11 is 6.06. The molecule has 5 rings (SSSR count). The quantitative estimate of drug-likeness (QED) is 0.475. The van der Waals surface area contributed by atoms with Crippen molar-refractivity contribution in [3.05, 3.63) is 105 Å². The van der Waals surface area contributed by atoms with E-state index >= 15 is 0 Å². The summed E-state index contributed by atoms with van der Waals surface area (Å²) in [5.74, 6) is -0.390. The molecule has 2 aliphatic heterocycles. The summed E-state index contributed by atoms with van der Waals surface area (Å²) in [6.45, 7) is 0. The number of amides is 1. The van der Waals surface area contributed by atoms with Gasteiger partial charge >= 0.3 is 0 Å². The van der Waals surface area contributed by atoms with Crippen molar-refractivity contribution in [2.45, 2.75) is 18.1 Å². The van der Waals surface area contributed by atoms with Crippen LogP contribution in [-0.4, -0.2) is 16.9 Å². The summed E-state index contributed by atoms with van der Waals surface area (Å²) in [4.78, 5) is 26.7. The molecule has 0 bridgehead atoms. The van der Waals surface area contributed by atoms with Crippen molar-refractivity contribution in [2.75, 3.05) is 4.90 Å². The van der Waals surface area contributed by atoms with E-state index in [-0.39, 0.29) is 28.5 Å². The normalized spacial score (nSPS) is 24.9. The van der Waals surface area contributed by atoms with Crippen LogP contribution in [0.5, 0.6) is 0 Å². The molecule has 0 aliphatic carbocycles. The van der Waals surface area contributed by atoms with Crippen molar-refractivity contribution < 1.29 is 9.72 Å². The lowest BCUT2D eigenvalue weighted by atomic mass is 9.83. The maximum Gasteiger partial charge on any atom is 0.274 e. The van der Waals surface area contributed by atoms with Crippen LogP contribution in [0.15, 0.2) is 78.9 Å². The van der Waals surface area contributed by atoms with Crippen LogP contribution in [0.25, 0.3) is 0 Å². The van der Waals surface area contributed by atoms with E-state index in [4.69, 9.17) is 11.6 Å². The number of benzene rings is 3. The Hall–Kier alpha value is -3.26. The molecule has 2 heterocycles. The van der Waals surface area contributed by atoms with E-state index in [1.807, 2.05) is 42.5 Å². The minimum absolute atomic E-state index is 0.00337. The van der Waals surface area contributed by atoms with Gasteiger partial charge in [0.2, 0.25) is 5.91 Å². The second-order valence-electron chi connectivity index (χ2n) is 7.68. The summed E-state index contributed by atoms with van der Waals surface area (Å²) < 4.78 is 0. The molecule has 4 unspecified atom stereocenters. The summed E-state index contributed by atoms with van der Waals surface area (Å²) in [5.41, 5.74) is 8.55. The number of nitro benzene ring substituents is 1. The van der Waals surface area contributed by atoms with Gasteiger partial charge < -0.3 is 4.90 Å². The monoisotopic (exact) mass is 434 g/mol. The van der Waals surface area contributed by atoms with Gasteiger partial charge in [-0.05, 0) is 29.8 Å². The fraction of sp³-hybridized carbons (Fsp3) is 0.174. The largest absolute Gasteiger partial charge is 0.303 e. The molecule has 3 aromatic carbocycles. The van der Waals surface area contributed by atoms with E-state index in [0.717, 1.165) is 5.56 Å². The maximum absolute atomic E-state index is 13.5. The number of para-hydroxylation sites is 2. The Morgan fingerprint density at radius 2 is 1.52 bits per heavy atom. The van der Waals surface area contributed by atoms with Crippen LogP contribution >= 0.6 is 11.6 Å². The topological polar surface area (TPSA) is 87.5 Å². The lowest BCUT2D eigenvalue weighted by Gasteiger charge is -2.31. The molecule has 3 aromatic rings. The average molecular weight is 435 g/mol. The van der Waals surface area contributed by atoms with Crippen molar-refractivity contribution >= 4 is 28.9 Å². The van der Waals surface area contributed by atoms with Gasteiger partial charge in [0.15, 0.2) is 0 Å². The third-order valence-electron chi connectivity index (χ3n) is 6.03. The number of anilines is 1. The molecule has 2 N–H and O–H groups in total. The number of nitrogens with zero attached hydrogens (tertiary/aromatic N) is 2. The van der Waals surface area contributed by atoms with E-state index in [0.29, 0.717) is 16.3 Å². The number of rotatable bonds is 4. The Labute approximate surface area is 183 Å². The number of carbonyl (C=O) groups excluding carboxylic acids is 1. The zero-order valence-electron chi connectivity index (χ0n) is 16.3. The third-order valence-corrected chi connectivity index (χ3v) is 6.28. The maximum atomic E-state index is 13.5. The van der Waals surface area contributed by atoms with Crippen molar-refractivity contribution in [1.82, 2.24) is 10.9 Å². The van der Waals surface area contributed by atoms with Gasteiger partial charge in [0.25, 0.3) is 5.69 Å². The van der Waals surface area contributed by atoms with Gasteiger partial charge in [-0.15, -0.1) is 0 Å². The Morgan fingerprint density at radius 1 is 0.871 bits per heavy atom. The smallest absolute Gasteiger partial charge is 0.274 e. The molecule has 0 saturated carbocycles. The van der Waals surface area contributed by atoms with Crippen molar-refractivity contribution in [2.24, 2.45) is 5.92 Å². The van der Waals surface area contributed by atoms with Crippen LogP contribution in [0.1, 0.15) is 23.2 Å². The number of hydrogen-bond acceptors (Lipinski definition) is 5. The van der Waals surface area contributed by atoms with E-state index in [1.54, 1.807) is 35.2 Å². The number of halogens is 1. The highest BCUT2D eigenvalue weighted by Crippen LogP contribution is 2.50. The molecular formula is C23H19ClN4O3. The van der Waals surface area contributed by atoms with Gasteiger partial charge in [-0.1, -0.05) is 60.1 Å². The molecule has 156 valence electrons. The Balaban J connectivity index is 1.68. The first-order valence-electron chi connectivity index (χ1n) is 9.94. The van der Waals surface area contributed by atoms with Crippen LogP contribution in [0.4, 0.5) is 11.4 Å². The minimum atomic E-state index is -0.523. The number of hydrazine groups is 1. The summed E-state index contributed by atoms with van der Waals surface area (Å²) in [6.07, 6.45) is 0. The fourth-order valence-electron chi connectivity index (χ4n) is 4.72. The van der Waals surface area contributed by atoms with E-state index in [2.05, 4.69) is 10.9 Å².